The largest absolute Gasteiger partial charge is 0.463 e. The summed E-state index contributed by atoms with van der Waals surface area (Å²) in [6.07, 6.45) is 1.93. The molecule has 210 valence electrons. The van der Waals surface area contributed by atoms with E-state index in [4.69, 9.17) is 9.73 Å². The van der Waals surface area contributed by atoms with Crippen LogP contribution < -0.4 is 14.9 Å². The number of carbonyl (C=O) groups is 1. The van der Waals surface area contributed by atoms with Gasteiger partial charge in [-0.3, -0.25) is 9.36 Å². The second kappa shape index (κ2) is 11.5. The second-order valence-corrected chi connectivity index (χ2v) is 11.9. The van der Waals surface area contributed by atoms with Crippen molar-refractivity contribution in [2.45, 2.75) is 26.8 Å². The Balaban J connectivity index is 1.59. The van der Waals surface area contributed by atoms with Crippen molar-refractivity contribution in [3.05, 3.63) is 149 Å². The number of halogens is 1. The highest BCUT2D eigenvalue weighted by molar-refractivity contribution is 9.10. The number of aryl methyl sites for hydroxylation is 1. The van der Waals surface area contributed by atoms with Gasteiger partial charge in [-0.1, -0.05) is 87.9 Å². The molecule has 0 radical (unpaired) electrons. The van der Waals surface area contributed by atoms with Crippen LogP contribution in [-0.4, -0.2) is 21.7 Å². The van der Waals surface area contributed by atoms with Gasteiger partial charge in [0, 0.05) is 27.1 Å². The lowest BCUT2D eigenvalue weighted by atomic mass is 9.93. The summed E-state index contributed by atoms with van der Waals surface area (Å²) in [7, 11) is 0. The third kappa shape index (κ3) is 5.01. The minimum atomic E-state index is -0.686. The Bertz CT molecular complexity index is 2000. The van der Waals surface area contributed by atoms with Crippen molar-refractivity contribution in [3.8, 4) is 5.69 Å². The third-order valence-electron chi connectivity index (χ3n) is 7.33. The molecule has 6 nitrogen and oxygen atoms in total. The molecule has 5 aromatic rings. The Kier molecular flexibility index (Phi) is 7.66. The van der Waals surface area contributed by atoms with Crippen LogP contribution in [0.3, 0.4) is 0 Å². The van der Waals surface area contributed by atoms with E-state index < -0.39 is 12.0 Å². The SMILES string of the molecule is CCOC(=O)C1=C(c2ccccc2)N=c2s/c(=C\c3cc(C)n(-c4ccc(Br)cc4)c3C)c(=O)n2[C@H]1c1ccccc1. The molecule has 8 heteroatoms. The van der Waals surface area contributed by atoms with Gasteiger partial charge in [-0.25, -0.2) is 9.79 Å². The molecule has 3 aromatic carbocycles. The second-order valence-electron chi connectivity index (χ2n) is 9.98. The first-order chi connectivity index (χ1) is 20.4. The molecule has 0 spiro atoms. The van der Waals surface area contributed by atoms with Crippen LogP contribution >= 0.6 is 27.3 Å². The summed E-state index contributed by atoms with van der Waals surface area (Å²) >= 11 is 4.84. The monoisotopic (exact) mass is 637 g/mol. The number of thiazole rings is 1. The normalized spacial score (nSPS) is 15.0. The Morgan fingerprint density at radius 1 is 1.00 bits per heavy atom. The average Bonchev–Trinajstić information content (AvgIpc) is 3.47. The Hall–Kier alpha value is -4.27. The molecule has 1 aliphatic rings. The fourth-order valence-corrected chi connectivity index (χ4v) is 6.71. The molecule has 0 aliphatic carbocycles. The van der Waals surface area contributed by atoms with E-state index in [9.17, 15) is 9.59 Å². The van der Waals surface area contributed by atoms with Crippen LogP contribution in [0, 0.1) is 13.8 Å². The zero-order valence-electron chi connectivity index (χ0n) is 23.4. The predicted octanol–water partition coefficient (Wildman–Crippen LogP) is 6.11. The maximum Gasteiger partial charge on any atom is 0.338 e. The van der Waals surface area contributed by atoms with Crippen molar-refractivity contribution in [2.24, 2.45) is 4.99 Å². The van der Waals surface area contributed by atoms with Crippen LogP contribution in [0.4, 0.5) is 0 Å². The molecule has 6 rings (SSSR count). The maximum absolute atomic E-state index is 14.2. The van der Waals surface area contributed by atoms with Crippen molar-refractivity contribution in [3.63, 3.8) is 0 Å². The first-order valence-electron chi connectivity index (χ1n) is 13.7. The smallest absolute Gasteiger partial charge is 0.338 e. The van der Waals surface area contributed by atoms with Crippen molar-refractivity contribution < 1.29 is 9.53 Å². The van der Waals surface area contributed by atoms with Crippen LogP contribution in [0.25, 0.3) is 17.5 Å². The lowest BCUT2D eigenvalue weighted by molar-refractivity contribution is -0.138. The first-order valence-corrected chi connectivity index (χ1v) is 15.3. The van der Waals surface area contributed by atoms with E-state index in [0.717, 1.165) is 38.2 Å². The van der Waals surface area contributed by atoms with E-state index in [0.29, 0.717) is 20.6 Å². The number of hydrogen-bond acceptors (Lipinski definition) is 5. The lowest BCUT2D eigenvalue weighted by Crippen LogP contribution is -2.40. The number of rotatable bonds is 6. The molecule has 0 N–H and O–H groups in total. The van der Waals surface area contributed by atoms with Gasteiger partial charge in [-0.05, 0) is 68.3 Å². The fraction of sp³-hybridized carbons (Fsp3) is 0.147. The number of fused-ring (bicyclic) bond motifs is 1. The highest BCUT2D eigenvalue weighted by Gasteiger charge is 2.35. The van der Waals surface area contributed by atoms with E-state index >= 15 is 0 Å². The molecule has 0 saturated heterocycles. The topological polar surface area (TPSA) is 65.6 Å². The van der Waals surface area contributed by atoms with Gasteiger partial charge in [0.2, 0.25) is 0 Å². The molecular formula is C34H28BrN3O3S. The Morgan fingerprint density at radius 3 is 2.33 bits per heavy atom. The standard InChI is InChI=1S/C34H28BrN3O3S/c1-4-41-33(40)29-30(23-11-7-5-8-12-23)36-34-38(31(29)24-13-9-6-10-14-24)32(39)28(42-34)20-25-19-21(2)37(22(25)3)27-17-15-26(35)16-18-27/h5-20,31H,4H2,1-3H3/b28-20-/t31-/m0/s1. The van der Waals surface area contributed by atoms with Gasteiger partial charge in [0.1, 0.15) is 0 Å². The molecular weight excluding hydrogens is 610 g/mol. The van der Waals surface area contributed by atoms with E-state index in [2.05, 4.69) is 52.5 Å². The minimum Gasteiger partial charge on any atom is -0.463 e. The number of ether oxygens (including phenoxy) is 1. The number of nitrogens with zero attached hydrogens (tertiary/aromatic N) is 3. The summed E-state index contributed by atoms with van der Waals surface area (Å²) in [5.74, 6) is -0.485. The van der Waals surface area contributed by atoms with Crippen LogP contribution in [0.1, 0.15) is 41.0 Å². The highest BCUT2D eigenvalue weighted by atomic mass is 79.9. The number of esters is 1. The predicted molar refractivity (Wildman–Crippen MR) is 170 cm³/mol. The van der Waals surface area contributed by atoms with Gasteiger partial charge >= 0.3 is 5.97 Å². The lowest BCUT2D eigenvalue weighted by Gasteiger charge is -2.25. The van der Waals surface area contributed by atoms with Crippen LogP contribution in [0.2, 0.25) is 0 Å². The molecule has 42 heavy (non-hydrogen) atoms. The summed E-state index contributed by atoms with van der Waals surface area (Å²) in [6.45, 7) is 6.10. The molecule has 0 unspecified atom stereocenters. The molecule has 1 atom stereocenters. The third-order valence-corrected chi connectivity index (χ3v) is 8.84. The Labute approximate surface area is 255 Å². The number of carbonyl (C=O) groups excluding carboxylic acids is 1. The molecule has 1 aliphatic heterocycles. The number of aromatic nitrogens is 2. The van der Waals surface area contributed by atoms with Gasteiger partial charge < -0.3 is 9.30 Å². The zero-order chi connectivity index (χ0) is 29.4. The molecule has 0 saturated carbocycles. The summed E-state index contributed by atoms with van der Waals surface area (Å²) in [4.78, 5) is 33.2. The highest BCUT2D eigenvalue weighted by Crippen LogP contribution is 2.35. The van der Waals surface area contributed by atoms with Crippen molar-refractivity contribution in [1.82, 2.24) is 9.13 Å². The van der Waals surface area contributed by atoms with Gasteiger partial charge in [0.25, 0.3) is 5.56 Å². The quantitative estimate of drug-likeness (QED) is 0.211. The molecule has 0 amide bonds. The number of hydrogen-bond donors (Lipinski definition) is 0. The number of benzene rings is 3. The van der Waals surface area contributed by atoms with E-state index in [1.807, 2.05) is 78.9 Å². The van der Waals surface area contributed by atoms with E-state index in [1.54, 1.807) is 11.5 Å². The minimum absolute atomic E-state index is 0.199. The summed E-state index contributed by atoms with van der Waals surface area (Å²) in [6, 6.07) is 28.7. The first kappa shape index (κ1) is 27.9. The molecule has 0 fully saturated rings. The molecule has 2 aromatic heterocycles. The Morgan fingerprint density at radius 2 is 1.67 bits per heavy atom. The van der Waals surface area contributed by atoms with Crippen LogP contribution in [0.5, 0.6) is 0 Å². The summed E-state index contributed by atoms with van der Waals surface area (Å²) < 4.78 is 10.9. The average molecular weight is 639 g/mol. The van der Waals surface area contributed by atoms with Gasteiger partial charge in [-0.15, -0.1) is 0 Å². The van der Waals surface area contributed by atoms with Crippen molar-refractivity contribution >= 4 is 45.0 Å². The fourth-order valence-electron chi connectivity index (χ4n) is 5.45. The van der Waals surface area contributed by atoms with Crippen LogP contribution in [-0.2, 0) is 9.53 Å². The van der Waals surface area contributed by atoms with E-state index in [-0.39, 0.29) is 12.2 Å². The van der Waals surface area contributed by atoms with Gasteiger partial charge in [0.15, 0.2) is 4.80 Å². The van der Waals surface area contributed by atoms with Crippen LogP contribution in [0.15, 0.2) is 111 Å². The zero-order valence-corrected chi connectivity index (χ0v) is 25.8. The van der Waals surface area contributed by atoms with E-state index in [1.165, 1.54) is 11.3 Å². The maximum atomic E-state index is 14.2. The summed E-state index contributed by atoms with van der Waals surface area (Å²) in [5, 5.41) is 0. The summed E-state index contributed by atoms with van der Waals surface area (Å²) in [5.41, 5.74) is 6.35. The van der Waals surface area contributed by atoms with Crippen molar-refractivity contribution in [2.75, 3.05) is 6.61 Å². The molecule has 3 heterocycles. The van der Waals surface area contributed by atoms with Crippen molar-refractivity contribution in [1.29, 1.82) is 0 Å². The van der Waals surface area contributed by atoms with Gasteiger partial charge in [0.05, 0.1) is 28.5 Å². The molecule has 0 bridgehead atoms. The van der Waals surface area contributed by atoms with Gasteiger partial charge in [-0.2, -0.15) is 0 Å².